The number of rotatable bonds is 8. The number of nitrogens with two attached hydrogens (primary N) is 1. The number of nitrogen functional groups attached to an aromatic ring is 1. The number of carboxylic acid groups (broad SMARTS) is 1. The van der Waals surface area contributed by atoms with Crippen molar-refractivity contribution in [3.05, 3.63) is 17.8 Å². The fourth-order valence-electron chi connectivity index (χ4n) is 1.94. The van der Waals surface area contributed by atoms with Gasteiger partial charge in [-0.05, 0) is 18.4 Å². The Bertz CT molecular complexity index is 421. The Balaban J connectivity index is 2.61. The quantitative estimate of drug-likeness (QED) is 0.672. The summed E-state index contributed by atoms with van der Waals surface area (Å²) in [4.78, 5) is 15.1. The van der Waals surface area contributed by atoms with Gasteiger partial charge in [0.2, 0.25) is 0 Å². The highest BCUT2D eigenvalue weighted by molar-refractivity contribution is 5.94. The number of pyridine rings is 1. The van der Waals surface area contributed by atoms with Crippen LogP contribution in [-0.2, 0) is 0 Å². The summed E-state index contributed by atoms with van der Waals surface area (Å²) in [7, 11) is 0. The molecule has 1 atom stereocenters. The van der Waals surface area contributed by atoms with E-state index in [1.54, 1.807) is 0 Å². The molecule has 1 aromatic rings. The van der Waals surface area contributed by atoms with Crippen molar-refractivity contribution in [1.29, 1.82) is 0 Å². The molecule has 5 heteroatoms. The Morgan fingerprint density at radius 2 is 2.26 bits per heavy atom. The fraction of sp³-hybridized carbons (Fsp3) is 0.571. The van der Waals surface area contributed by atoms with Crippen LogP contribution in [0.25, 0.3) is 0 Å². The molecule has 0 aliphatic carbocycles. The third-order valence-electron chi connectivity index (χ3n) is 3.28. The van der Waals surface area contributed by atoms with Crippen LogP contribution >= 0.6 is 0 Å². The van der Waals surface area contributed by atoms with E-state index < -0.39 is 5.97 Å². The van der Waals surface area contributed by atoms with Crippen LogP contribution in [0.15, 0.2) is 12.3 Å². The van der Waals surface area contributed by atoms with E-state index in [2.05, 4.69) is 24.1 Å². The van der Waals surface area contributed by atoms with Gasteiger partial charge in [-0.15, -0.1) is 0 Å². The summed E-state index contributed by atoms with van der Waals surface area (Å²) >= 11 is 0. The van der Waals surface area contributed by atoms with Crippen molar-refractivity contribution < 1.29 is 9.90 Å². The summed E-state index contributed by atoms with van der Waals surface area (Å²) in [5.41, 5.74) is 5.85. The van der Waals surface area contributed by atoms with Crippen molar-refractivity contribution >= 4 is 17.5 Å². The molecule has 0 radical (unpaired) electrons. The second-order valence-corrected chi connectivity index (χ2v) is 4.76. The average Bonchev–Trinajstić information content (AvgIpc) is 2.40. The minimum atomic E-state index is -1.03. The van der Waals surface area contributed by atoms with Gasteiger partial charge in [-0.25, -0.2) is 9.78 Å². The first kappa shape index (κ1) is 15.3. The summed E-state index contributed by atoms with van der Waals surface area (Å²) in [6.07, 6.45) is 6.09. The molecule has 0 saturated heterocycles. The molecule has 0 saturated carbocycles. The van der Waals surface area contributed by atoms with E-state index in [1.807, 2.05) is 0 Å². The number of carboxylic acids is 1. The summed E-state index contributed by atoms with van der Waals surface area (Å²) in [5, 5.41) is 12.2. The Labute approximate surface area is 114 Å². The van der Waals surface area contributed by atoms with Crippen molar-refractivity contribution in [1.82, 2.24) is 4.98 Å². The van der Waals surface area contributed by atoms with E-state index in [0.717, 1.165) is 13.0 Å². The smallest absolute Gasteiger partial charge is 0.337 e. The number of carbonyl (C=O) groups is 1. The first-order valence-corrected chi connectivity index (χ1v) is 6.81. The number of nitrogens with one attached hydrogen (secondary N) is 1. The molecule has 19 heavy (non-hydrogen) atoms. The second-order valence-electron chi connectivity index (χ2n) is 4.76. The maximum Gasteiger partial charge on any atom is 0.337 e. The molecule has 1 rings (SSSR count). The number of nitrogens with zero attached hydrogens (tertiary/aromatic N) is 1. The lowest BCUT2D eigenvalue weighted by Crippen LogP contribution is -2.15. The molecule has 4 N–H and O–H groups in total. The number of hydrogen-bond donors (Lipinski definition) is 3. The molecule has 0 aliphatic rings. The van der Waals surface area contributed by atoms with E-state index in [-0.39, 0.29) is 11.3 Å². The predicted molar refractivity (Wildman–Crippen MR) is 77.4 cm³/mol. The van der Waals surface area contributed by atoms with Crippen molar-refractivity contribution in [3.8, 4) is 0 Å². The van der Waals surface area contributed by atoms with E-state index >= 15 is 0 Å². The number of anilines is 2. The molecule has 1 unspecified atom stereocenters. The molecule has 1 aromatic heterocycles. The number of unbranched alkanes of at least 4 members (excludes halogenated alkanes) is 1. The second kappa shape index (κ2) is 7.61. The first-order chi connectivity index (χ1) is 9.08. The van der Waals surface area contributed by atoms with Gasteiger partial charge < -0.3 is 16.2 Å². The normalized spacial score (nSPS) is 12.1. The fourth-order valence-corrected chi connectivity index (χ4v) is 1.94. The molecule has 5 nitrogen and oxygen atoms in total. The highest BCUT2D eigenvalue weighted by Gasteiger charge is 2.11. The van der Waals surface area contributed by atoms with E-state index in [4.69, 9.17) is 10.8 Å². The Hall–Kier alpha value is -1.78. The molecule has 1 heterocycles. The molecule has 0 spiro atoms. The van der Waals surface area contributed by atoms with Gasteiger partial charge in [0.25, 0.3) is 0 Å². The van der Waals surface area contributed by atoms with Gasteiger partial charge in [0.05, 0.1) is 17.4 Å². The van der Waals surface area contributed by atoms with Crippen LogP contribution in [0.1, 0.15) is 49.9 Å². The van der Waals surface area contributed by atoms with Crippen LogP contribution in [0.2, 0.25) is 0 Å². The molecule has 106 valence electrons. The molecule has 0 amide bonds. The zero-order valence-electron chi connectivity index (χ0n) is 11.6. The molecule has 0 fully saturated rings. The lowest BCUT2D eigenvalue weighted by molar-refractivity contribution is 0.0698. The molecular weight excluding hydrogens is 242 g/mol. The maximum atomic E-state index is 11.0. The number of aromatic nitrogens is 1. The van der Waals surface area contributed by atoms with Gasteiger partial charge in [0.15, 0.2) is 0 Å². The third-order valence-corrected chi connectivity index (χ3v) is 3.28. The predicted octanol–water partition coefficient (Wildman–Crippen LogP) is 2.99. The molecule has 0 aliphatic heterocycles. The zero-order valence-corrected chi connectivity index (χ0v) is 11.6. The summed E-state index contributed by atoms with van der Waals surface area (Å²) in [6.45, 7) is 5.16. The Kier molecular flexibility index (Phi) is 6.12. The van der Waals surface area contributed by atoms with Crippen LogP contribution in [-0.4, -0.2) is 22.6 Å². The van der Waals surface area contributed by atoms with Gasteiger partial charge >= 0.3 is 5.97 Å². The standard InChI is InChI=1S/C14H23N3O2/c1-3-5-6-10(4-2)8-16-13-7-11(14(18)19)12(15)9-17-13/h7,9-10H,3-6,8,15H2,1-2H3,(H,16,17)(H,18,19). The van der Waals surface area contributed by atoms with Crippen LogP contribution in [0, 0.1) is 5.92 Å². The summed E-state index contributed by atoms with van der Waals surface area (Å²) < 4.78 is 0. The van der Waals surface area contributed by atoms with Crippen molar-refractivity contribution in [2.45, 2.75) is 39.5 Å². The highest BCUT2D eigenvalue weighted by Crippen LogP contribution is 2.17. The number of aromatic carboxylic acids is 1. The molecule has 0 aromatic carbocycles. The van der Waals surface area contributed by atoms with Crippen LogP contribution in [0.5, 0.6) is 0 Å². The Morgan fingerprint density at radius 1 is 1.53 bits per heavy atom. The SMILES string of the molecule is CCCCC(CC)CNc1cc(C(=O)O)c(N)cn1. The summed E-state index contributed by atoms with van der Waals surface area (Å²) in [5.74, 6) is 0.134. The number of hydrogen-bond acceptors (Lipinski definition) is 4. The van der Waals surface area contributed by atoms with Gasteiger partial charge in [-0.3, -0.25) is 0 Å². The molecular formula is C14H23N3O2. The van der Waals surface area contributed by atoms with E-state index in [9.17, 15) is 4.79 Å². The average molecular weight is 265 g/mol. The Morgan fingerprint density at radius 3 is 2.84 bits per heavy atom. The van der Waals surface area contributed by atoms with Crippen LogP contribution in [0.3, 0.4) is 0 Å². The van der Waals surface area contributed by atoms with Gasteiger partial charge in [0.1, 0.15) is 5.82 Å². The maximum absolute atomic E-state index is 11.0. The monoisotopic (exact) mass is 265 g/mol. The van der Waals surface area contributed by atoms with Gasteiger partial charge in [-0.1, -0.05) is 33.1 Å². The van der Waals surface area contributed by atoms with E-state index in [0.29, 0.717) is 11.7 Å². The van der Waals surface area contributed by atoms with Crippen molar-refractivity contribution in [2.75, 3.05) is 17.6 Å². The molecule has 0 bridgehead atoms. The van der Waals surface area contributed by atoms with Crippen LogP contribution < -0.4 is 11.1 Å². The first-order valence-electron chi connectivity index (χ1n) is 6.81. The minimum absolute atomic E-state index is 0.0964. The summed E-state index contributed by atoms with van der Waals surface area (Å²) in [6, 6.07) is 1.49. The topological polar surface area (TPSA) is 88.2 Å². The van der Waals surface area contributed by atoms with Gasteiger partial charge in [0, 0.05) is 6.54 Å². The lowest BCUT2D eigenvalue weighted by Gasteiger charge is -2.16. The van der Waals surface area contributed by atoms with Crippen molar-refractivity contribution in [2.24, 2.45) is 5.92 Å². The van der Waals surface area contributed by atoms with Crippen LogP contribution in [0.4, 0.5) is 11.5 Å². The minimum Gasteiger partial charge on any atom is -0.478 e. The lowest BCUT2D eigenvalue weighted by atomic mass is 9.99. The van der Waals surface area contributed by atoms with Gasteiger partial charge in [-0.2, -0.15) is 0 Å². The highest BCUT2D eigenvalue weighted by atomic mass is 16.4. The zero-order chi connectivity index (χ0) is 14.3. The third kappa shape index (κ3) is 4.77. The largest absolute Gasteiger partial charge is 0.478 e. The van der Waals surface area contributed by atoms with E-state index in [1.165, 1.54) is 31.5 Å². The van der Waals surface area contributed by atoms with Crippen molar-refractivity contribution in [3.63, 3.8) is 0 Å².